The van der Waals surface area contributed by atoms with Crippen LogP contribution in [0, 0.1) is 0 Å². The molecule has 3 N–H and O–H groups in total. The highest BCUT2D eigenvalue weighted by atomic mass is 35.5. The van der Waals surface area contributed by atoms with Crippen molar-refractivity contribution in [2.24, 2.45) is 5.90 Å². The molecule has 0 amide bonds. The zero-order valence-electron chi connectivity index (χ0n) is 20.2. The molecular formula is C26H34Cl2N2O5. The van der Waals surface area contributed by atoms with Crippen LogP contribution in [0.15, 0.2) is 36.4 Å². The Morgan fingerprint density at radius 3 is 2.74 bits per heavy atom. The maximum absolute atomic E-state index is 11.1. The van der Waals surface area contributed by atoms with Crippen LogP contribution in [0.3, 0.4) is 0 Å². The maximum Gasteiger partial charge on any atom is 0.303 e. The lowest BCUT2D eigenvalue weighted by Gasteiger charge is -2.29. The molecule has 1 fully saturated rings. The molecule has 0 saturated carbocycles. The van der Waals surface area contributed by atoms with Crippen molar-refractivity contribution in [3.63, 3.8) is 0 Å². The van der Waals surface area contributed by atoms with E-state index < -0.39 is 5.97 Å². The molecule has 192 valence electrons. The molecule has 1 heterocycles. The summed E-state index contributed by atoms with van der Waals surface area (Å²) in [6, 6.07) is 11.8. The summed E-state index contributed by atoms with van der Waals surface area (Å²) in [6.45, 7) is 3.87. The molecule has 2 aromatic carbocycles. The summed E-state index contributed by atoms with van der Waals surface area (Å²) in [5.41, 5.74) is 2.90. The lowest BCUT2D eigenvalue weighted by Crippen LogP contribution is -2.41. The van der Waals surface area contributed by atoms with E-state index in [0.29, 0.717) is 41.4 Å². The molecule has 2 aromatic rings. The largest absolute Gasteiger partial charge is 0.496 e. The minimum atomic E-state index is -0.854. The van der Waals surface area contributed by atoms with E-state index in [1.54, 1.807) is 7.11 Å². The number of methoxy groups -OCH3 is 1. The number of hydrogen-bond donors (Lipinski definition) is 2. The second kappa shape index (κ2) is 13.4. The van der Waals surface area contributed by atoms with E-state index in [0.717, 1.165) is 42.5 Å². The Hall–Kier alpha value is -1.87. The molecule has 1 aliphatic heterocycles. The van der Waals surface area contributed by atoms with E-state index in [9.17, 15) is 4.79 Å². The Labute approximate surface area is 217 Å². The summed E-state index contributed by atoms with van der Waals surface area (Å²) >= 11 is 12.3. The highest BCUT2D eigenvalue weighted by molar-refractivity contribution is 6.42. The number of likely N-dealkylation sites (tertiary alicyclic amines) is 1. The van der Waals surface area contributed by atoms with E-state index in [-0.39, 0.29) is 18.6 Å². The topological polar surface area (TPSA) is 94.3 Å². The van der Waals surface area contributed by atoms with Gasteiger partial charge in [-0.2, -0.15) is 0 Å². The monoisotopic (exact) mass is 524 g/mol. The van der Waals surface area contributed by atoms with Gasteiger partial charge in [-0.3, -0.25) is 14.5 Å². The van der Waals surface area contributed by atoms with Crippen molar-refractivity contribution in [3.05, 3.63) is 63.1 Å². The van der Waals surface area contributed by atoms with Gasteiger partial charge in [-0.05, 0) is 68.5 Å². The molecule has 0 radical (unpaired) electrons. The molecule has 0 spiro atoms. The fraction of sp³-hybridized carbons (Fsp3) is 0.500. The van der Waals surface area contributed by atoms with E-state index in [1.165, 1.54) is 0 Å². The number of carboxylic acids is 1. The van der Waals surface area contributed by atoms with Crippen LogP contribution in [0.2, 0.25) is 10.0 Å². The van der Waals surface area contributed by atoms with Crippen molar-refractivity contribution in [3.8, 4) is 5.75 Å². The van der Waals surface area contributed by atoms with Crippen molar-refractivity contribution < 1.29 is 24.2 Å². The van der Waals surface area contributed by atoms with E-state index in [1.807, 2.05) is 43.3 Å². The predicted octanol–water partition coefficient (Wildman–Crippen LogP) is 5.06. The average Bonchev–Trinajstić information content (AvgIpc) is 3.28. The Balaban J connectivity index is 1.60. The number of nitrogens with two attached hydrogens (primary N) is 1. The number of benzene rings is 2. The SMILES string of the molecule is COc1cccc([C@@H](C)OC[C@@H](CN2CCC[C@H]2Cc2ccc(Cl)c(Cl)c2)ON)c1CCC(=O)O. The number of aliphatic carboxylic acids is 1. The fourth-order valence-corrected chi connectivity index (χ4v) is 5.02. The van der Waals surface area contributed by atoms with E-state index in [2.05, 4.69) is 4.90 Å². The third-order valence-corrected chi connectivity index (χ3v) is 7.27. The Kier molecular flexibility index (Phi) is 10.6. The van der Waals surface area contributed by atoms with Crippen LogP contribution in [0.1, 0.15) is 49.0 Å². The molecule has 35 heavy (non-hydrogen) atoms. The molecule has 1 saturated heterocycles. The van der Waals surface area contributed by atoms with Gasteiger partial charge in [0.2, 0.25) is 0 Å². The number of nitrogens with zero attached hydrogens (tertiary/aromatic N) is 1. The third kappa shape index (κ3) is 7.81. The van der Waals surface area contributed by atoms with Gasteiger partial charge in [-0.15, -0.1) is 0 Å². The lowest BCUT2D eigenvalue weighted by molar-refractivity contribution is -0.136. The van der Waals surface area contributed by atoms with Crippen molar-refractivity contribution in [1.82, 2.24) is 4.90 Å². The second-order valence-corrected chi connectivity index (χ2v) is 9.71. The van der Waals surface area contributed by atoms with Crippen molar-refractivity contribution in [2.45, 2.75) is 57.3 Å². The normalized spacial score (nSPS) is 17.9. The van der Waals surface area contributed by atoms with Gasteiger partial charge >= 0.3 is 5.97 Å². The second-order valence-electron chi connectivity index (χ2n) is 8.90. The quantitative estimate of drug-likeness (QED) is 0.353. The summed E-state index contributed by atoms with van der Waals surface area (Å²) in [5.74, 6) is 5.45. The van der Waals surface area contributed by atoms with Gasteiger partial charge in [0, 0.05) is 24.6 Å². The molecular weight excluding hydrogens is 491 g/mol. The van der Waals surface area contributed by atoms with Gasteiger partial charge in [0.05, 0.1) is 29.9 Å². The lowest BCUT2D eigenvalue weighted by atomic mass is 9.98. The highest BCUT2D eigenvalue weighted by Crippen LogP contribution is 2.31. The number of carboxylic acid groups (broad SMARTS) is 1. The smallest absolute Gasteiger partial charge is 0.303 e. The van der Waals surface area contributed by atoms with Gasteiger partial charge < -0.3 is 14.6 Å². The molecule has 0 aromatic heterocycles. The van der Waals surface area contributed by atoms with Crippen LogP contribution in [0.4, 0.5) is 0 Å². The molecule has 0 bridgehead atoms. The summed E-state index contributed by atoms with van der Waals surface area (Å²) in [7, 11) is 1.58. The van der Waals surface area contributed by atoms with Gasteiger partial charge in [-0.1, -0.05) is 41.4 Å². The Morgan fingerprint density at radius 2 is 2.06 bits per heavy atom. The third-order valence-electron chi connectivity index (χ3n) is 6.53. The average molecular weight is 525 g/mol. The highest BCUT2D eigenvalue weighted by Gasteiger charge is 2.28. The molecule has 3 rings (SSSR count). The molecule has 3 atom stereocenters. The molecule has 0 unspecified atom stereocenters. The molecule has 0 aliphatic carbocycles. The number of ether oxygens (including phenoxy) is 2. The van der Waals surface area contributed by atoms with Crippen molar-refractivity contribution >= 4 is 29.2 Å². The zero-order valence-corrected chi connectivity index (χ0v) is 21.7. The summed E-state index contributed by atoms with van der Waals surface area (Å²) in [5, 5.41) is 10.3. The maximum atomic E-state index is 11.1. The summed E-state index contributed by atoms with van der Waals surface area (Å²) in [4.78, 5) is 18.8. The van der Waals surface area contributed by atoms with Crippen LogP contribution in [-0.2, 0) is 27.2 Å². The van der Waals surface area contributed by atoms with Crippen LogP contribution < -0.4 is 10.6 Å². The predicted molar refractivity (Wildman–Crippen MR) is 137 cm³/mol. The van der Waals surface area contributed by atoms with E-state index in [4.69, 9.17) is 48.5 Å². The van der Waals surface area contributed by atoms with Crippen LogP contribution in [0.5, 0.6) is 5.75 Å². The first kappa shape index (κ1) is 27.7. The Bertz CT molecular complexity index is 990. The first-order valence-electron chi connectivity index (χ1n) is 11.8. The number of rotatable bonds is 13. The first-order chi connectivity index (χ1) is 16.8. The molecule has 7 nitrogen and oxygen atoms in total. The molecule has 9 heteroatoms. The Morgan fingerprint density at radius 1 is 1.26 bits per heavy atom. The summed E-state index contributed by atoms with van der Waals surface area (Å²) in [6.07, 6.45) is 2.87. The standard InChI is InChI=1S/C26H34Cl2N2O5/c1-17(21-6-3-7-25(33-2)22(21)9-11-26(31)32)34-16-20(35-29)15-30-12-4-5-19(30)13-18-8-10-23(27)24(28)14-18/h3,6-8,10,14,17,19-20H,4-5,9,11-13,15-16,29H2,1-2H3,(H,31,32)/t17-,19+,20-/m1/s1. The number of halogens is 2. The summed E-state index contributed by atoms with van der Waals surface area (Å²) < 4.78 is 11.6. The van der Waals surface area contributed by atoms with Crippen LogP contribution >= 0.6 is 23.2 Å². The van der Waals surface area contributed by atoms with Gasteiger partial charge in [0.1, 0.15) is 11.9 Å². The van der Waals surface area contributed by atoms with Crippen molar-refractivity contribution in [2.75, 3.05) is 26.8 Å². The van der Waals surface area contributed by atoms with E-state index >= 15 is 0 Å². The number of carbonyl (C=O) groups is 1. The minimum absolute atomic E-state index is 0.0177. The molecule has 1 aliphatic rings. The number of hydrogen-bond acceptors (Lipinski definition) is 6. The van der Waals surface area contributed by atoms with Crippen molar-refractivity contribution in [1.29, 1.82) is 0 Å². The van der Waals surface area contributed by atoms with Crippen LogP contribution in [-0.4, -0.2) is 54.9 Å². The van der Waals surface area contributed by atoms with Gasteiger partial charge in [-0.25, -0.2) is 5.90 Å². The van der Waals surface area contributed by atoms with Gasteiger partial charge in [0.15, 0.2) is 0 Å². The fourth-order valence-electron chi connectivity index (χ4n) is 4.70. The first-order valence-corrected chi connectivity index (χ1v) is 12.6. The zero-order chi connectivity index (χ0) is 25.4. The van der Waals surface area contributed by atoms with Crippen LogP contribution in [0.25, 0.3) is 0 Å². The van der Waals surface area contributed by atoms with Gasteiger partial charge in [0.25, 0.3) is 0 Å². The minimum Gasteiger partial charge on any atom is -0.496 e.